The van der Waals surface area contributed by atoms with Gasteiger partial charge in [-0.3, -0.25) is 14.5 Å². The number of rotatable bonds is 4. The second-order valence-corrected chi connectivity index (χ2v) is 8.59. The summed E-state index contributed by atoms with van der Waals surface area (Å²) in [5.41, 5.74) is -0.908. The van der Waals surface area contributed by atoms with Crippen LogP contribution >= 0.6 is 0 Å². The van der Waals surface area contributed by atoms with Crippen molar-refractivity contribution in [3.05, 3.63) is 24.2 Å². The lowest BCUT2D eigenvalue weighted by Crippen LogP contribution is -2.54. The molecule has 2 heterocycles. The lowest BCUT2D eigenvalue weighted by Gasteiger charge is -2.43. The number of carbonyl (C=O) groups is 3. The number of likely N-dealkylation sites (N-methyl/N-ethyl adjacent to an activating group) is 1. The molecule has 1 aliphatic carbocycles. The van der Waals surface area contributed by atoms with Gasteiger partial charge in [0, 0.05) is 7.05 Å². The molecule has 1 saturated carbocycles. The van der Waals surface area contributed by atoms with Crippen molar-refractivity contribution in [3.8, 4) is 0 Å². The third-order valence-corrected chi connectivity index (χ3v) is 5.32. The van der Waals surface area contributed by atoms with Crippen LogP contribution in [-0.2, 0) is 16.1 Å². The molecule has 3 rings (SSSR count). The quantitative estimate of drug-likeness (QED) is 0.835. The average Bonchev–Trinajstić information content (AvgIpc) is 3.08. The van der Waals surface area contributed by atoms with Gasteiger partial charge in [-0.05, 0) is 42.7 Å². The van der Waals surface area contributed by atoms with Gasteiger partial charge in [-0.2, -0.15) is 0 Å². The van der Waals surface area contributed by atoms with Crippen molar-refractivity contribution < 1.29 is 18.8 Å². The zero-order valence-electron chi connectivity index (χ0n) is 15.9. The van der Waals surface area contributed by atoms with E-state index in [1.54, 1.807) is 25.4 Å². The van der Waals surface area contributed by atoms with Crippen molar-refractivity contribution >= 4 is 17.8 Å². The number of imide groups is 1. The maximum Gasteiger partial charge on any atom is 0.325 e. The normalized spacial score (nSPS) is 27.7. The fraction of sp³-hybridized carbons (Fsp3) is 0.632. The van der Waals surface area contributed by atoms with Gasteiger partial charge >= 0.3 is 6.03 Å². The predicted molar refractivity (Wildman–Crippen MR) is 95.0 cm³/mol. The Bertz CT molecular complexity index is 712. The number of carbonyl (C=O) groups excluding carboxylic acids is 3. The largest absolute Gasteiger partial charge is 0.467 e. The van der Waals surface area contributed by atoms with Gasteiger partial charge in [0.1, 0.15) is 17.8 Å². The van der Waals surface area contributed by atoms with E-state index in [1.165, 1.54) is 4.90 Å². The Morgan fingerprint density at radius 3 is 2.73 bits per heavy atom. The molecule has 0 radical (unpaired) electrons. The van der Waals surface area contributed by atoms with Crippen LogP contribution in [0.5, 0.6) is 0 Å². The summed E-state index contributed by atoms with van der Waals surface area (Å²) in [5.74, 6) is 0.407. The number of amides is 4. The fourth-order valence-corrected chi connectivity index (χ4v) is 4.63. The van der Waals surface area contributed by atoms with E-state index in [-0.39, 0.29) is 23.8 Å². The van der Waals surface area contributed by atoms with Crippen molar-refractivity contribution in [1.82, 2.24) is 15.1 Å². The molecule has 1 aliphatic heterocycles. The summed E-state index contributed by atoms with van der Waals surface area (Å²) in [6.45, 7) is 6.39. The molecule has 7 heteroatoms. The van der Waals surface area contributed by atoms with E-state index < -0.39 is 11.6 Å². The lowest BCUT2D eigenvalue weighted by atomic mass is 9.64. The topological polar surface area (TPSA) is 82.9 Å². The van der Waals surface area contributed by atoms with E-state index in [1.807, 2.05) is 0 Å². The molecule has 1 saturated heterocycles. The number of nitrogens with zero attached hydrogens (tertiary/aromatic N) is 2. The van der Waals surface area contributed by atoms with E-state index in [4.69, 9.17) is 4.42 Å². The Morgan fingerprint density at radius 1 is 1.38 bits per heavy atom. The zero-order valence-corrected chi connectivity index (χ0v) is 15.9. The summed E-state index contributed by atoms with van der Waals surface area (Å²) in [6.07, 6.45) is 3.78. The molecule has 1 aromatic rings. The molecule has 7 nitrogen and oxygen atoms in total. The minimum atomic E-state index is -0.877. The van der Waals surface area contributed by atoms with Crippen LogP contribution in [0, 0.1) is 11.3 Å². The molecular formula is C19H27N3O4. The molecule has 2 atom stereocenters. The van der Waals surface area contributed by atoms with E-state index in [0.29, 0.717) is 31.1 Å². The monoisotopic (exact) mass is 361 g/mol. The van der Waals surface area contributed by atoms with Crippen molar-refractivity contribution in [2.45, 2.75) is 52.1 Å². The third-order valence-electron chi connectivity index (χ3n) is 5.32. The molecular weight excluding hydrogens is 334 g/mol. The molecule has 142 valence electrons. The second-order valence-electron chi connectivity index (χ2n) is 8.59. The first kappa shape index (κ1) is 18.5. The Kier molecular flexibility index (Phi) is 4.58. The minimum absolute atomic E-state index is 0.0310. The molecule has 0 aromatic carbocycles. The molecule has 0 unspecified atom stereocenters. The highest BCUT2D eigenvalue weighted by atomic mass is 16.3. The predicted octanol–water partition coefficient (Wildman–Crippen LogP) is 2.37. The fourth-order valence-electron chi connectivity index (χ4n) is 4.63. The van der Waals surface area contributed by atoms with Crippen molar-refractivity contribution in [1.29, 1.82) is 0 Å². The van der Waals surface area contributed by atoms with Gasteiger partial charge in [0.25, 0.3) is 5.91 Å². The van der Waals surface area contributed by atoms with Crippen molar-refractivity contribution in [2.24, 2.45) is 11.3 Å². The first-order chi connectivity index (χ1) is 12.1. The maximum atomic E-state index is 13.1. The van der Waals surface area contributed by atoms with Gasteiger partial charge in [0.15, 0.2) is 0 Å². The standard InChI is InChI=1S/C19H27N3O4/c1-13-8-18(2,3)12-19(9-13)16(24)22(17(25)20-19)11-15(23)21(4)10-14-6-5-7-26-14/h5-7,13H,8-12H2,1-4H3,(H,20,25)/t13-,19-/m0/s1. The zero-order chi connectivity index (χ0) is 19.1. The Hall–Kier alpha value is -2.31. The summed E-state index contributed by atoms with van der Waals surface area (Å²) in [6, 6.07) is 3.05. The molecule has 1 spiro atoms. The Morgan fingerprint density at radius 2 is 2.12 bits per heavy atom. The highest BCUT2D eigenvalue weighted by molar-refractivity contribution is 6.09. The molecule has 4 amide bonds. The molecule has 1 N–H and O–H groups in total. The van der Waals surface area contributed by atoms with Crippen LogP contribution in [0.1, 0.15) is 45.8 Å². The summed E-state index contributed by atoms with van der Waals surface area (Å²) in [7, 11) is 1.63. The minimum Gasteiger partial charge on any atom is -0.467 e. The number of hydrogen-bond acceptors (Lipinski definition) is 4. The van der Waals surface area contributed by atoms with Gasteiger partial charge < -0.3 is 14.6 Å². The highest BCUT2D eigenvalue weighted by Gasteiger charge is 2.56. The summed E-state index contributed by atoms with van der Waals surface area (Å²) >= 11 is 0. The highest BCUT2D eigenvalue weighted by Crippen LogP contribution is 2.46. The van der Waals surface area contributed by atoms with Crippen LogP contribution in [0.4, 0.5) is 4.79 Å². The molecule has 1 aromatic heterocycles. The number of furan rings is 1. The Balaban J connectivity index is 1.70. The lowest BCUT2D eigenvalue weighted by molar-refractivity contribution is -0.140. The first-order valence-corrected chi connectivity index (χ1v) is 9.02. The number of nitrogens with one attached hydrogen (secondary N) is 1. The van der Waals surface area contributed by atoms with Gasteiger partial charge in [0.05, 0.1) is 12.8 Å². The van der Waals surface area contributed by atoms with Crippen LogP contribution in [0.15, 0.2) is 22.8 Å². The van der Waals surface area contributed by atoms with Crippen LogP contribution in [0.25, 0.3) is 0 Å². The first-order valence-electron chi connectivity index (χ1n) is 9.02. The van der Waals surface area contributed by atoms with Crippen molar-refractivity contribution in [3.63, 3.8) is 0 Å². The number of hydrogen-bond donors (Lipinski definition) is 1. The maximum absolute atomic E-state index is 13.1. The van der Waals surface area contributed by atoms with E-state index >= 15 is 0 Å². The van der Waals surface area contributed by atoms with Gasteiger partial charge in [-0.25, -0.2) is 4.79 Å². The van der Waals surface area contributed by atoms with Gasteiger partial charge in [0.2, 0.25) is 5.91 Å². The van der Waals surface area contributed by atoms with E-state index in [2.05, 4.69) is 26.1 Å². The average molecular weight is 361 g/mol. The molecule has 2 fully saturated rings. The van der Waals surface area contributed by atoms with Crippen LogP contribution < -0.4 is 5.32 Å². The molecule has 2 aliphatic rings. The van der Waals surface area contributed by atoms with E-state index in [0.717, 1.165) is 11.3 Å². The van der Waals surface area contributed by atoms with Crippen LogP contribution in [0.2, 0.25) is 0 Å². The van der Waals surface area contributed by atoms with Crippen LogP contribution in [0.3, 0.4) is 0 Å². The number of urea groups is 1. The molecule has 0 bridgehead atoms. The summed E-state index contributed by atoms with van der Waals surface area (Å²) < 4.78 is 5.24. The van der Waals surface area contributed by atoms with Gasteiger partial charge in [-0.1, -0.05) is 20.8 Å². The molecule has 26 heavy (non-hydrogen) atoms. The smallest absolute Gasteiger partial charge is 0.325 e. The van der Waals surface area contributed by atoms with Gasteiger partial charge in [-0.15, -0.1) is 0 Å². The van der Waals surface area contributed by atoms with Crippen molar-refractivity contribution in [2.75, 3.05) is 13.6 Å². The Labute approximate surface area is 153 Å². The van der Waals surface area contributed by atoms with Crippen LogP contribution in [-0.4, -0.2) is 46.8 Å². The van der Waals surface area contributed by atoms with E-state index in [9.17, 15) is 14.4 Å². The second kappa shape index (κ2) is 6.45. The SMILES string of the molecule is C[C@H]1CC(C)(C)C[C@]2(C1)NC(=O)N(CC(=O)N(C)Cc1ccco1)C2=O. The summed E-state index contributed by atoms with van der Waals surface area (Å²) in [5, 5.41) is 2.89. The summed E-state index contributed by atoms with van der Waals surface area (Å²) in [4.78, 5) is 40.5. The third kappa shape index (κ3) is 3.48.